The zero-order valence-corrected chi connectivity index (χ0v) is 11.5. The minimum atomic E-state index is -5.94. The fourth-order valence-electron chi connectivity index (χ4n) is 4.12. The van der Waals surface area contributed by atoms with E-state index in [0.717, 1.165) is 0 Å². The molecule has 0 spiro atoms. The molecule has 0 aromatic rings. The van der Waals surface area contributed by atoms with Crippen LogP contribution in [0.15, 0.2) is 0 Å². The zero-order valence-electron chi connectivity index (χ0n) is 11.5. The molecule has 0 heterocycles. The quantitative estimate of drug-likeness (QED) is 0.792. The second-order valence-corrected chi connectivity index (χ2v) is 6.40. The molecule has 2 aliphatic rings. The van der Waals surface area contributed by atoms with Crippen molar-refractivity contribution in [3.05, 3.63) is 0 Å². The number of Topliss-reactive ketones (excluding diaryl/α,β-unsaturated/α-hetero) is 1. The first-order valence-corrected chi connectivity index (χ1v) is 6.69. The third-order valence-corrected chi connectivity index (χ3v) is 5.15. The van der Waals surface area contributed by atoms with Gasteiger partial charge in [0.25, 0.3) is 5.60 Å². The third kappa shape index (κ3) is 2.01. The summed E-state index contributed by atoms with van der Waals surface area (Å²) < 4.78 is 77.9. The standard InChI is InChI=1S/C13H16F6O2/c1-3-6-4-10(2)5-7(6)8(9(10)20)11(21,12(14,15)16)13(17,18)19/h6-8,21H,3-5H2,1-2H3. The highest BCUT2D eigenvalue weighted by molar-refractivity contribution is 5.91. The average molecular weight is 318 g/mol. The predicted octanol–water partition coefficient (Wildman–Crippen LogP) is 3.48. The molecule has 2 bridgehead atoms. The molecular weight excluding hydrogens is 302 g/mol. The van der Waals surface area contributed by atoms with Gasteiger partial charge in [0.15, 0.2) is 0 Å². The summed E-state index contributed by atoms with van der Waals surface area (Å²) in [7, 11) is 0. The first-order chi connectivity index (χ1) is 9.29. The number of alkyl halides is 6. The molecule has 4 atom stereocenters. The fourth-order valence-corrected chi connectivity index (χ4v) is 4.12. The molecule has 0 radical (unpaired) electrons. The van der Waals surface area contributed by atoms with Crippen LogP contribution in [0.5, 0.6) is 0 Å². The van der Waals surface area contributed by atoms with Crippen LogP contribution in [0.1, 0.15) is 33.1 Å². The number of aliphatic hydroxyl groups is 1. The molecular formula is C13H16F6O2. The van der Waals surface area contributed by atoms with Crippen molar-refractivity contribution in [2.24, 2.45) is 23.2 Å². The SMILES string of the molecule is CCC1CC2(C)CC1C(C(O)(C(F)(F)F)C(F)(F)F)C2=O. The van der Waals surface area contributed by atoms with Crippen molar-refractivity contribution in [1.82, 2.24) is 0 Å². The Bertz CT molecular complexity index is 441. The zero-order chi connectivity index (χ0) is 16.4. The third-order valence-electron chi connectivity index (χ3n) is 5.15. The summed E-state index contributed by atoms with van der Waals surface area (Å²) in [6.07, 6.45) is -11.2. The number of hydrogen-bond acceptors (Lipinski definition) is 2. The molecule has 122 valence electrons. The number of hydrogen-bond donors (Lipinski definition) is 1. The highest BCUT2D eigenvalue weighted by atomic mass is 19.4. The van der Waals surface area contributed by atoms with Gasteiger partial charge in [-0.25, -0.2) is 0 Å². The van der Waals surface area contributed by atoms with Crippen molar-refractivity contribution in [1.29, 1.82) is 0 Å². The van der Waals surface area contributed by atoms with Gasteiger partial charge in [-0.15, -0.1) is 0 Å². The molecule has 0 aromatic carbocycles. The van der Waals surface area contributed by atoms with Gasteiger partial charge in [-0.2, -0.15) is 26.3 Å². The van der Waals surface area contributed by atoms with Crippen molar-refractivity contribution < 1.29 is 36.2 Å². The van der Waals surface area contributed by atoms with Gasteiger partial charge in [-0.3, -0.25) is 4.79 Å². The Morgan fingerprint density at radius 1 is 1.14 bits per heavy atom. The summed E-state index contributed by atoms with van der Waals surface area (Å²) >= 11 is 0. The Labute approximate surface area is 117 Å². The molecule has 2 fully saturated rings. The van der Waals surface area contributed by atoms with Crippen LogP contribution in [-0.2, 0) is 4.79 Å². The molecule has 1 N–H and O–H groups in total. The second kappa shape index (κ2) is 4.36. The van der Waals surface area contributed by atoms with E-state index in [1.54, 1.807) is 6.92 Å². The summed E-state index contributed by atoms with van der Waals surface area (Å²) in [6.45, 7) is 3.06. The lowest BCUT2D eigenvalue weighted by Crippen LogP contribution is -2.65. The van der Waals surface area contributed by atoms with Crippen LogP contribution < -0.4 is 0 Å². The fraction of sp³-hybridized carbons (Fsp3) is 0.923. The summed E-state index contributed by atoms with van der Waals surface area (Å²) in [5.74, 6) is -5.06. The Morgan fingerprint density at radius 2 is 1.62 bits per heavy atom. The van der Waals surface area contributed by atoms with E-state index in [1.165, 1.54) is 6.92 Å². The predicted molar refractivity (Wildman–Crippen MR) is 60.2 cm³/mol. The molecule has 0 saturated heterocycles. The van der Waals surface area contributed by atoms with Gasteiger partial charge in [0.2, 0.25) is 0 Å². The number of rotatable bonds is 2. The maximum Gasteiger partial charge on any atom is 0.427 e. The molecule has 21 heavy (non-hydrogen) atoms. The van der Waals surface area contributed by atoms with Crippen LogP contribution in [0, 0.1) is 23.2 Å². The van der Waals surface area contributed by atoms with Gasteiger partial charge in [-0.05, 0) is 24.7 Å². The lowest BCUT2D eigenvalue weighted by atomic mass is 9.67. The van der Waals surface area contributed by atoms with Gasteiger partial charge in [-0.1, -0.05) is 20.3 Å². The van der Waals surface area contributed by atoms with Gasteiger partial charge < -0.3 is 5.11 Å². The van der Waals surface area contributed by atoms with E-state index >= 15 is 0 Å². The van der Waals surface area contributed by atoms with Gasteiger partial charge in [0.1, 0.15) is 5.78 Å². The largest absolute Gasteiger partial charge is 0.427 e. The van der Waals surface area contributed by atoms with Crippen LogP contribution in [0.3, 0.4) is 0 Å². The van der Waals surface area contributed by atoms with Crippen molar-refractivity contribution in [3.63, 3.8) is 0 Å². The van der Waals surface area contributed by atoms with Crippen LogP contribution in [0.4, 0.5) is 26.3 Å². The molecule has 2 saturated carbocycles. The minimum Gasteiger partial charge on any atom is -0.373 e. The minimum absolute atomic E-state index is 0.0243. The Balaban J connectivity index is 2.55. The van der Waals surface area contributed by atoms with Crippen molar-refractivity contribution >= 4 is 5.78 Å². The Hall–Kier alpha value is -0.790. The van der Waals surface area contributed by atoms with Crippen LogP contribution in [0.25, 0.3) is 0 Å². The topological polar surface area (TPSA) is 37.3 Å². The van der Waals surface area contributed by atoms with E-state index in [-0.39, 0.29) is 12.8 Å². The van der Waals surface area contributed by atoms with Crippen molar-refractivity contribution in [2.45, 2.75) is 51.1 Å². The van der Waals surface area contributed by atoms with E-state index in [0.29, 0.717) is 6.42 Å². The summed E-state index contributed by atoms with van der Waals surface area (Å²) in [5, 5.41) is 9.53. The first-order valence-electron chi connectivity index (χ1n) is 6.69. The highest BCUT2D eigenvalue weighted by Gasteiger charge is 2.80. The van der Waals surface area contributed by atoms with E-state index < -0.39 is 46.9 Å². The van der Waals surface area contributed by atoms with E-state index in [2.05, 4.69) is 0 Å². The highest BCUT2D eigenvalue weighted by Crippen LogP contribution is 2.64. The molecule has 2 aliphatic carbocycles. The monoisotopic (exact) mass is 318 g/mol. The smallest absolute Gasteiger partial charge is 0.373 e. The number of halogens is 6. The van der Waals surface area contributed by atoms with Crippen LogP contribution in [-0.4, -0.2) is 28.8 Å². The van der Waals surface area contributed by atoms with Crippen LogP contribution in [0.2, 0.25) is 0 Å². The summed E-state index contributed by atoms with van der Waals surface area (Å²) in [5.41, 5.74) is -6.16. The number of carbonyl (C=O) groups excluding carboxylic acids is 1. The number of fused-ring (bicyclic) bond motifs is 2. The van der Waals surface area contributed by atoms with E-state index in [9.17, 15) is 36.2 Å². The van der Waals surface area contributed by atoms with Gasteiger partial charge in [0, 0.05) is 5.41 Å². The van der Waals surface area contributed by atoms with Crippen molar-refractivity contribution in [3.8, 4) is 0 Å². The van der Waals surface area contributed by atoms with E-state index in [1.807, 2.05) is 0 Å². The maximum absolute atomic E-state index is 13.0. The molecule has 0 aliphatic heterocycles. The average Bonchev–Trinajstić information content (AvgIpc) is 2.76. The first kappa shape index (κ1) is 16.6. The van der Waals surface area contributed by atoms with Crippen molar-refractivity contribution in [2.75, 3.05) is 0 Å². The molecule has 8 heteroatoms. The van der Waals surface area contributed by atoms with Gasteiger partial charge in [0.05, 0.1) is 5.92 Å². The summed E-state index contributed by atoms with van der Waals surface area (Å²) in [4.78, 5) is 12.1. The normalized spacial score (nSPS) is 37.4. The molecule has 2 rings (SSSR count). The number of carbonyl (C=O) groups is 1. The number of ketones is 1. The summed E-state index contributed by atoms with van der Waals surface area (Å²) in [6, 6.07) is 0. The maximum atomic E-state index is 13.0. The van der Waals surface area contributed by atoms with E-state index in [4.69, 9.17) is 0 Å². The molecule has 0 aromatic heterocycles. The van der Waals surface area contributed by atoms with Crippen LogP contribution >= 0.6 is 0 Å². The molecule has 2 nitrogen and oxygen atoms in total. The Morgan fingerprint density at radius 3 is 1.95 bits per heavy atom. The Kier molecular flexibility index (Phi) is 3.44. The lowest BCUT2D eigenvalue weighted by molar-refractivity contribution is -0.384. The van der Waals surface area contributed by atoms with Gasteiger partial charge >= 0.3 is 12.4 Å². The second-order valence-electron chi connectivity index (χ2n) is 6.40. The molecule has 0 amide bonds. The molecule has 4 unspecified atom stereocenters. The lowest BCUT2D eigenvalue weighted by Gasteiger charge is -2.42.